The fourth-order valence-corrected chi connectivity index (χ4v) is 1.50. The lowest BCUT2D eigenvalue weighted by Crippen LogP contribution is -2.19. The molecule has 0 heterocycles. The van der Waals surface area contributed by atoms with E-state index in [0.717, 1.165) is 6.08 Å². The van der Waals surface area contributed by atoms with Crippen molar-refractivity contribution in [1.29, 1.82) is 0 Å². The lowest BCUT2D eigenvalue weighted by atomic mass is 10.1. The minimum atomic E-state index is -1.07. The van der Waals surface area contributed by atoms with E-state index in [1.807, 2.05) is 0 Å². The van der Waals surface area contributed by atoms with Gasteiger partial charge in [0.05, 0.1) is 13.2 Å². The molecule has 1 aromatic carbocycles. The van der Waals surface area contributed by atoms with Crippen LogP contribution in [0, 0.1) is 0 Å². The van der Waals surface area contributed by atoms with E-state index in [9.17, 15) is 9.59 Å². The molecule has 114 valence electrons. The molecule has 0 fully saturated rings. The maximum Gasteiger partial charge on any atom is 0.344 e. The zero-order chi connectivity index (χ0) is 15.8. The number of rotatable bonds is 7. The highest BCUT2D eigenvalue weighted by Gasteiger charge is 2.09. The van der Waals surface area contributed by atoms with Gasteiger partial charge in [-0.15, -0.1) is 0 Å². The second-order valence-electron chi connectivity index (χ2n) is 4.40. The number of carbonyl (C=O) groups is 2. The highest BCUT2D eigenvalue weighted by atomic mass is 16.6. The van der Waals surface area contributed by atoms with Gasteiger partial charge in [-0.25, -0.2) is 9.59 Å². The Bertz CT molecular complexity index is 533. The summed E-state index contributed by atoms with van der Waals surface area (Å²) in [6.45, 7) is 3.22. The summed E-state index contributed by atoms with van der Waals surface area (Å²) in [4.78, 5) is 22.0. The molecule has 1 aromatic rings. The Morgan fingerprint density at radius 3 is 2.62 bits per heavy atom. The van der Waals surface area contributed by atoms with E-state index >= 15 is 0 Å². The van der Waals surface area contributed by atoms with Crippen LogP contribution in [-0.4, -0.2) is 36.9 Å². The molecule has 0 radical (unpaired) electrons. The largest absolute Gasteiger partial charge is 0.497 e. The molecule has 1 N–H and O–H groups in total. The summed E-state index contributed by atoms with van der Waals surface area (Å²) >= 11 is 0. The van der Waals surface area contributed by atoms with Crippen LogP contribution in [0.4, 0.5) is 0 Å². The van der Waals surface area contributed by atoms with Crippen molar-refractivity contribution in [3.63, 3.8) is 0 Å². The van der Waals surface area contributed by atoms with Gasteiger partial charge in [0.15, 0.2) is 6.61 Å². The minimum absolute atomic E-state index is 0.224. The van der Waals surface area contributed by atoms with Gasteiger partial charge in [0.1, 0.15) is 11.5 Å². The van der Waals surface area contributed by atoms with Crippen molar-refractivity contribution < 1.29 is 28.9 Å². The molecule has 0 saturated heterocycles. The van der Waals surface area contributed by atoms with Crippen molar-refractivity contribution in [1.82, 2.24) is 0 Å². The first kappa shape index (κ1) is 16.6. The first-order valence-electron chi connectivity index (χ1n) is 6.33. The van der Waals surface area contributed by atoms with Crippen LogP contribution >= 0.6 is 0 Å². The number of carbonyl (C=O) groups excluding carboxylic acids is 1. The lowest BCUT2D eigenvalue weighted by molar-refractivity contribution is -0.149. The summed E-state index contributed by atoms with van der Waals surface area (Å²) in [5.41, 5.74) is 0.524. The van der Waals surface area contributed by atoms with Crippen molar-refractivity contribution in [2.75, 3.05) is 13.7 Å². The number of methoxy groups -OCH3 is 1. The van der Waals surface area contributed by atoms with E-state index < -0.39 is 11.9 Å². The van der Waals surface area contributed by atoms with Gasteiger partial charge < -0.3 is 19.3 Å². The summed E-state index contributed by atoms with van der Waals surface area (Å²) in [7, 11) is 1.50. The number of carboxylic acids is 1. The van der Waals surface area contributed by atoms with Gasteiger partial charge in [-0.1, -0.05) is 0 Å². The number of esters is 1. The predicted molar refractivity (Wildman–Crippen MR) is 76.4 cm³/mol. The summed E-state index contributed by atoms with van der Waals surface area (Å²) in [6.07, 6.45) is 2.14. The van der Waals surface area contributed by atoms with E-state index in [-0.39, 0.29) is 12.7 Å². The zero-order valence-corrected chi connectivity index (χ0v) is 12.2. The normalized spacial score (nSPS) is 10.7. The first-order chi connectivity index (χ1) is 9.92. The topological polar surface area (TPSA) is 82.1 Å². The molecule has 0 amide bonds. The van der Waals surface area contributed by atoms with E-state index in [1.54, 1.807) is 32.0 Å². The third-order valence-corrected chi connectivity index (χ3v) is 2.34. The molecule has 0 atom stereocenters. The Hall–Kier alpha value is -2.50. The predicted octanol–water partition coefficient (Wildman–Crippen LogP) is 2.12. The maximum atomic E-state index is 11.5. The quantitative estimate of drug-likeness (QED) is 0.612. The van der Waals surface area contributed by atoms with Gasteiger partial charge in [0.2, 0.25) is 0 Å². The molecule has 0 aliphatic heterocycles. The van der Waals surface area contributed by atoms with Crippen molar-refractivity contribution in [3.8, 4) is 11.5 Å². The summed E-state index contributed by atoms with van der Waals surface area (Å²) < 4.78 is 15.4. The Morgan fingerprint density at radius 2 is 2.05 bits per heavy atom. The van der Waals surface area contributed by atoms with Crippen LogP contribution in [0.15, 0.2) is 24.3 Å². The summed E-state index contributed by atoms with van der Waals surface area (Å²) in [5, 5.41) is 8.66. The fraction of sp³-hybridized carbons (Fsp3) is 0.333. The molecular formula is C15H18O6. The van der Waals surface area contributed by atoms with Crippen LogP contribution in [0.5, 0.6) is 11.5 Å². The highest BCUT2D eigenvalue weighted by Crippen LogP contribution is 2.26. The maximum absolute atomic E-state index is 11.5. The first-order valence-corrected chi connectivity index (χ1v) is 6.33. The van der Waals surface area contributed by atoms with Crippen LogP contribution in [0.25, 0.3) is 6.08 Å². The van der Waals surface area contributed by atoms with Gasteiger partial charge in [-0.05, 0) is 32.1 Å². The van der Waals surface area contributed by atoms with Crippen LogP contribution in [-0.2, 0) is 14.3 Å². The molecule has 0 spiro atoms. The summed E-state index contributed by atoms with van der Waals surface area (Å²) in [6, 6.07) is 4.88. The van der Waals surface area contributed by atoms with Crippen molar-refractivity contribution in [2.45, 2.75) is 20.0 Å². The lowest BCUT2D eigenvalue weighted by Gasteiger charge is -2.12. The van der Waals surface area contributed by atoms with Crippen LogP contribution in [0.2, 0.25) is 0 Å². The molecule has 6 nitrogen and oxygen atoms in total. The number of benzene rings is 1. The third-order valence-electron chi connectivity index (χ3n) is 2.34. The molecule has 6 heteroatoms. The number of hydrogen-bond donors (Lipinski definition) is 1. The Balaban J connectivity index is 2.86. The van der Waals surface area contributed by atoms with E-state index in [4.69, 9.17) is 19.3 Å². The van der Waals surface area contributed by atoms with Crippen LogP contribution < -0.4 is 9.47 Å². The SMILES string of the molecule is COc1ccc(C=CC(=O)O)c(OCC(=O)OC(C)C)c1. The van der Waals surface area contributed by atoms with Gasteiger partial charge in [0.25, 0.3) is 0 Å². The number of ether oxygens (including phenoxy) is 3. The van der Waals surface area contributed by atoms with Crippen molar-refractivity contribution in [3.05, 3.63) is 29.8 Å². The molecule has 0 aromatic heterocycles. The molecule has 1 rings (SSSR count). The monoisotopic (exact) mass is 294 g/mol. The smallest absolute Gasteiger partial charge is 0.344 e. The summed E-state index contributed by atoms with van der Waals surface area (Å²) in [5.74, 6) is -0.695. The molecular weight excluding hydrogens is 276 g/mol. The van der Waals surface area contributed by atoms with Gasteiger partial charge >= 0.3 is 11.9 Å². The third kappa shape index (κ3) is 5.99. The molecule has 0 aliphatic carbocycles. The second-order valence-corrected chi connectivity index (χ2v) is 4.40. The molecule has 0 unspecified atom stereocenters. The van der Waals surface area contributed by atoms with Crippen molar-refractivity contribution in [2.24, 2.45) is 0 Å². The van der Waals surface area contributed by atoms with E-state index in [2.05, 4.69) is 0 Å². The van der Waals surface area contributed by atoms with Gasteiger partial charge in [-0.3, -0.25) is 0 Å². The van der Waals surface area contributed by atoms with Crippen molar-refractivity contribution >= 4 is 18.0 Å². The molecule has 0 aliphatic rings. The minimum Gasteiger partial charge on any atom is -0.497 e. The van der Waals surface area contributed by atoms with Crippen LogP contribution in [0.1, 0.15) is 19.4 Å². The Kier molecular flexibility index (Phi) is 6.26. The average molecular weight is 294 g/mol. The number of carboxylic acid groups (broad SMARTS) is 1. The van der Waals surface area contributed by atoms with Gasteiger partial charge in [0, 0.05) is 17.7 Å². The average Bonchev–Trinajstić information content (AvgIpc) is 2.42. The Labute approximate surface area is 122 Å². The van der Waals surface area contributed by atoms with E-state index in [1.165, 1.54) is 13.2 Å². The fourth-order valence-electron chi connectivity index (χ4n) is 1.50. The number of hydrogen-bond acceptors (Lipinski definition) is 5. The van der Waals surface area contributed by atoms with Gasteiger partial charge in [-0.2, -0.15) is 0 Å². The van der Waals surface area contributed by atoms with E-state index in [0.29, 0.717) is 17.1 Å². The standard InChI is InChI=1S/C15H18O6/c1-10(2)21-15(18)9-20-13-8-12(19-3)6-4-11(13)5-7-14(16)17/h4-8,10H,9H2,1-3H3,(H,16,17). The molecule has 0 bridgehead atoms. The Morgan fingerprint density at radius 1 is 1.33 bits per heavy atom. The second kappa shape index (κ2) is 7.94. The molecule has 21 heavy (non-hydrogen) atoms. The number of aliphatic carboxylic acids is 1. The zero-order valence-electron chi connectivity index (χ0n) is 12.2. The highest BCUT2D eigenvalue weighted by molar-refractivity contribution is 5.86. The molecule has 0 saturated carbocycles. The van der Waals surface area contributed by atoms with Crippen LogP contribution in [0.3, 0.4) is 0 Å².